The van der Waals surface area contributed by atoms with Crippen LogP contribution in [0.4, 0.5) is 5.95 Å². The van der Waals surface area contributed by atoms with E-state index in [9.17, 15) is 0 Å². The summed E-state index contributed by atoms with van der Waals surface area (Å²) in [6.45, 7) is 0. The van der Waals surface area contributed by atoms with Crippen molar-refractivity contribution in [3.8, 4) is 5.75 Å². The van der Waals surface area contributed by atoms with Crippen molar-refractivity contribution in [1.29, 1.82) is 0 Å². The lowest BCUT2D eigenvalue weighted by atomic mass is 9.85. The average molecular weight is 493 g/mol. The lowest BCUT2D eigenvalue weighted by molar-refractivity contribution is 0.223. The molecule has 0 saturated heterocycles. The topological polar surface area (TPSA) is 64.9 Å². The van der Waals surface area contributed by atoms with Gasteiger partial charge in [-0.05, 0) is 53.6 Å². The number of ether oxygens (including phenoxy) is 1. The van der Waals surface area contributed by atoms with Crippen LogP contribution in [0.1, 0.15) is 28.8 Å². The van der Waals surface area contributed by atoms with Crippen LogP contribution >= 0.6 is 27.5 Å². The van der Waals surface area contributed by atoms with Gasteiger partial charge < -0.3 is 10.1 Å². The summed E-state index contributed by atoms with van der Waals surface area (Å²) in [5.74, 6) is 1.44. The van der Waals surface area contributed by atoms with Crippen molar-refractivity contribution in [2.24, 2.45) is 0 Å². The van der Waals surface area contributed by atoms with Crippen LogP contribution in [0.25, 0.3) is 5.70 Å². The SMILES string of the molecule is Clc1ccc2c(c1)C1=C([C@H](c3ccncc3)O2)[C@H](c2ccc(Br)cc2)n2ncnc2N1. The van der Waals surface area contributed by atoms with Crippen molar-refractivity contribution in [2.45, 2.75) is 12.1 Å². The molecule has 31 heavy (non-hydrogen) atoms. The number of pyridine rings is 1. The van der Waals surface area contributed by atoms with Crippen LogP contribution in [0, 0.1) is 0 Å². The third-order valence-corrected chi connectivity index (χ3v) is 6.33. The van der Waals surface area contributed by atoms with Gasteiger partial charge in [-0.15, -0.1) is 0 Å². The highest BCUT2D eigenvalue weighted by molar-refractivity contribution is 9.10. The van der Waals surface area contributed by atoms with Crippen LogP contribution < -0.4 is 10.1 Å². The molecule has 6 rings (SSSR count). The lowest BCUT2D eigenvalue weighted by Crippen LogP contribution is -2.32. The molecule has 0 bridgehead atoms. The fraction of sp³-hybridized carbons (Fsp3) is 0.0870. The first-order valence-electron chi connectivity index (χ1n) is 9.71. The van der Waals surface area contributed by atoms with E-state index in [0.29, 0.717) is 11.0 Å². The van der Waals surface area contributed by atoms with E-state index in [4.69, 9.17) is 16.3 Å². The largest absolute Gasteiger partial charge is 0.480 e. The molecule has 0 radical (unpaired) electrons. The molecule has 8 heteroatoms. The van der Waals surface area contributed by atoms with Crippen LogP contribution in [-0.2, 0) is 0 Å². The van der Waals surface area contributed by atoms with Crippen molar-refractivity contribution in [2.75, 3.05) is 5.32 Å². The predicted octanol–water partition coefficient (Wildman–Crippen LogP) is 5.65. The standard InChI is InChI=1S/C23H15BrClN5O/c24-15-3-1-13(2-4-15)21-19-20(29-23-27-12-28-30(21)23)17-11-16(25)5-6-18(17)31-22(19)14-7-9-26-10-8-14/h1-12,21-22H,(H,27,28,29)/t21-,22-/m0/s1. The molecule has 0 amide bonds. The van der Waals surface area contributed by atoms with Crippen molar-refractivity contribution in [3.63, 3.8) is 0 Å². The minimum Gasteiger partial charge on any atom is -0.480 e. The number of nitrogens with zero attached hydrogens (tertiary/aromatic N) is 4. The van der Waals surface area contributed by atoms with Crippen molar-refractivity contribution >= 4 is 39.2 Å². The number of hydrogen-bond donors (Lipinski definition) is 1. The van der Waals surface area contributed by atoms with E-state index in [1.54, 1.807) is 18.7 Å². The predicted molar refractivity (Wildman–Crippen MR) is 122 cm³/mol. The zero-order valence-electron chi connectivity index (χ0n) is 16.0. The second-order valence-corrected chi connectivity index (χ2v) is 8.71. The third kappa shape index (κ3) is 3.04. The Morgan fingerprint density at radius 1 is 1.00 bits per heavy atom. The molecule has 2 atom stereocenters. The van der Waals surface area contributed by atoms with Gasteiger partial charge in [-0.2, -0.15) is 10.1 Å². The number of fused-ring (bicyclic) bond motifs is 3. The summed E-state index contributed by atoms with van der Waals surface area (Å²) in [6.07, 6.45) is 4.79. The Hall–Kier alpha value is -3.16. The summed E-state index contributed by atoms with van der Waals surface area (Å²) in [5, 5.41) is 8.66. The number of hydrogen-bond acceptors (Lipinski definition) is 5. The van der Waals surface area contributed by atoms with E-state index < -0.39 is 0 Å². The molecule has 1 N–H and O–H groups in total. The van der Waals surface area contributed by atoms with E-state index in [1.807, 2.05) is 47.1 Å². The summed E-state index contributed by atoms with van der Waals surface area (Å²) < 4.78 is 9.47. The number of aromatic nitrogens is 4. The quantitative estimate of drug-likeness (QED) is 0.392. The van der Waals surface area contributed by atoms with Gasteiger partial charge in [-0.3, -0.25) is 4.98 Å². The first-order valence-corrected chi connectivity index (χ1v) is 10.9. The van der Waals surface area contributed by atoms with Crippen LogP contribution in [0.2, 0.25) is 5.02 Å². The molecule has 4 heterocycles. The second-order valence-electron chi connectivity index (χ2n) is 7.36. The Bertz CT molecular complexity index is 1320. The van der Waals surface area contributed by atoms with Crippen LogP contribution in [0.3, 0.4) is 0 Å². The maximum absolute atomic E-state index is 6.55. The summed E-state index contributed by atoms with van der Waals surface area (Å²) in [5.41, 5.74) is 4.98. The summed E-state index contributed by atoms with van der Waals surface area (Å²) in [6, 6.07) is 17.7. The Morgan fingerprint density at radius 3 is 2.61 bits per heavy atom. The highest BCUT2D eigenvalue weighted by Crippen LogP contribution is 2.50. The minimum absolute atomic E-state index is 0.202. The highest BCUT2D eigenvalue weighted by atomic mass is 79.9. The Morgan fingerprint density at radius 2 is 1.81 bits per heavy atom. The first-order chi connectivity index (χ1) is 15.2. The molecular weight excluding hydrogens is 478 g/mol. The van der Waals surface area contributed by atoms with Crippen LogP contribution in [0.5, 0.6) is 5.75 Å². The van der Waals surface area contributed by atoms with E-state index >= 15 is 0 Å². The molecule has 6 nitrogen and oxygen atoms in total. The Balaban J connectivity index is 1.64. The molecule has 4 aromatic rings. The van der Waals surface area contributed by atoms with Gasteiger partial charge in [0.1, 0.15) is 24.2 Å². The number of halogens is 2. The second kappa shape index (κ2) is 7.21. The molecule has 0 fully saturated rings. The summed E-state index contributed by atoms with van der Waals surface area (Å²) in [7, 11) is 0. The summed E-state index contributed by atoms with van der Waals surface area (Å²) in [4.78, 5) is 8.63. The zero-order chi connectivity index (χ0) is 20.9. The molecule has 0 aliphatic carbocycles. The third-order valence-electron chi connectivity index (χ3n) is 5.57. The van der Waals surface area contributed by atoms with Gasteiger partial charge in [0, 0.05) is 33.0 Å². The molecule has 2 aromatic carbocycles. The summed E-state index contributed by atoms with van der Waals surface area (Å²) >= 11 is 9.89. The van der Waals surface area contributed by atoms with Gasteiger partial charge in [-0.25, -0.2) is 4.68 Å². The van der Waals surface area contributed by atoms with Crippen molar-refractivity contribution in [1.82, 2.24) is 19.7 Å². The fourth-order valence-corrected chi connectivity index (χ4v) is 4.66. The van der Waals surface area contributed by atoms with E-state index in [1.165, 1.54) is 0 Å². The van der Waals surface area contributed by atoms with Gasteiger partial charge in [-0.1, -0.05) is 39.7 Å². The highest BCUT2D eigenvalue weighted by Gasteiger charge is 2.40. The monoisotopic (exact) mass is 491 g/mol. The maximum atomic E-state index is 6.55. The minimum atomic E-state index is -0.329. The Labute approximate surface area is 191 Å². The molecule has 2 aliphatic heterocycles. The molecular formula is C23H15BrClN5O. The number of rotatable bonds is 2. The van der Waals surface area contributed by atoms with Crippen LogP contribution in [0.15, 0.2) is 83.4 Å². The van der Waals surface area contributed by atoms with E-state index in [2.05, 4.69) is 48.4 Å². The molecule has 0 saturated carbocycles. The average Bonchev–Trinajstić information content (AvgIpc) is 3.27. The normalized spacial score (nSPS) is 19.0. The van der Waals surface area contributed by atoms with Gasteiger partial charge in [0.2, 0.25) is 5.95 Å². The number of anilines is 1. The molecule has 0 unspecified atom stereocenters. The van der Waals surface area contributed by atoms with Crippen molar-refractivity contribution < 1.29 is 4.74 Å². The molecule has 0 spiro atoms. The maximum Gasteiger partial charge on any atom is 0.226 e. The lowest BCUT2D eigenvalue weighted by Gasteiger charge is -2.39. The van der Waals surface area contributed by atoms with Gasteiger partial charge in [0.05, 0.1) is 5.70 Å². The van der Waals surface area contributed by atoms with Gasteiger partial charge in [0.25, 0.3) is 0 Å². The van der Waals surface area contributed by atoms with Crippen LogP contribution in [-0.4, -0.2) is 19.7 Å². The smallest absolute Gasteiger partial charge is 0.226 e. The fourth-order valence-electron chi connectivity index (χ4n) is 4.22. The molecule has 152 valence electrons. The first kappa shape index (κ1) is 18.6. The zero-order valence-corrected chi connectivity index (χ0v) is 18.4. The van der Waals surface area contributed by atoms with Gasteiger partial charge in [0.15, 0.2) is 0 Å². The molecule has 2 aromatic heterocycles. The van der Waals surface area contributed by atoms with E-state index in [0.717, 1.165) is 38.2 Å². The number of benzene rings is 2. The van der Waals surface area contributed by atoms with Crippen molar-refractivity contribution in [3.05, 3.63) is 105 Å². The molecule has 2 aliphatic rings. The van der Waals surface area contributed by atoms with Gasteiger partial charge >= 0.3 is 0 Å². The van der Waals surface area contributed by atoms with E-state index in [-0.39, 0.29) is 12.1 Å². The Kier molecular flexibility index (Phi) is 4.33. The number of nitrogens with one attached hydrogen (secondary N) is 1.